The predicted molar refractivity (Wildman–Crippen MR) is 126 cm³/mol. The van der Waals surface area contributed by atoms with Crippen molar-refractivity contribution in [3.8, 4) is 34.0 Å². The molecule has 1 saturated carbocycles. The Labute approximate surface area is 191 Å². The molecule has 2 aromatic heterocycles. The molecule has 0 unspecified atom stereocenters. The SMILES string of the molecule is CN(CCC#CO)C(=O)Cc1cccc(-c2nc(-c3ccnc(NC4CCC4)n3)cs2)c1. The number of benzene rings is 1. The molecule has 0 radical (unpaired) electrons. The van der Waals surface area contributed by atoms with E-state index in [1.165, 1.54) is 19.3 Å². The highest BCUT2D eigenvalue weighted by atomic mass is 32.1. The van der Waals surface area contributed by atoms with Gasteiger partial charge in [-0.2, -0.15) is 0 Å². The molecule has 2 N–H and O–H groups in total. The van der Waals surface area contributed by atoms with Crippen LogP contribution in [0.25, 0.3) is 22.0 Å². The summed E-state index contributed by atoms with van der Waals surface area (Å²) in [4.78, 5) is 27.8. The predicted octanol–water partition coefficient (Wildman–Crippen LogP) is 3.96. The molecule has 0 aliphatic heterocycles. The zero-order chi connectivity index (χ0) is 22.3. The molecule has 0 saturated heterocycles. The van der Waals surface area contributed by atoms with Crippen LogP contribution >= 0.6 is 11.3 Å². The molecule has 8 heteroatoms. The Morgan fingerprint density at radius 1 is 1.28 bits per heavy atom. The van der Waals surface area contributed by atoms with Gasteiger partial charge in [-0.15, -0.1) is 11.3 Å². The lowest BCUT2D eigenvalue weighted by molar-refractivity contribution is -0.129. The number of hydrogen-bond acceptors (Lipinski definition) is 7. The second-order valence-corrected chi connectivity index (χ2v) is 8.66. The van der Waals surface area contributed by atoms with Gasteiger partial charge in [-0.3, -0.25) is 4.79 Å². The van der Waals surface area contributed by atoms with Crippen LogP contribution in [0, 0.1) is 12.0 Å². The van der Waals surface area contributed by atoms with Crippen LogP contribution in [-0.2, 0) is 11.2 Å². The van der Waals surface area contributed by atoms with Crippen molar-refractivity contribution in [1.82, 2.24) is 19.9 Å². The van der Waals surface area contributed by atoms with E-state index in [0.717, 1.165) is 27.5 Å². The normalized spacial score (nSPS) is 13.0. The first-order valence-electron chi connectivity index (χ1n) is 10.6. The van der Waals surface area contributed by atoms with Gasteiger partial charge in [0, 0.05) is 43.2 Å². The number of nitrogens with one attached hydrogen (secondary N) is 1. The number of anilines is 1. The molecule has 0 bridgehead atoms. The summed E-state index contributed by atoms with van der Waals surface area (Å²) in [6.07, 6.45) is 7.96. The van der Waals surface area contributed by atoms with Gasteiger partial charge in [0.25, 0.3) is 0 Å². The van der Waals surface area contributed by atoms with E-state index in [1.807, 2.05) is 41.8 Å². The molecule has 4 rings (SSSR count). The summed E-state index contributed by atoms with van der Waals surface area (Å²) in [5.74, 6) is 3.21. The van der Waals surface area contributed by atoms with Gasteiger partial charge in [0.2, 0.25) is 11.9 Å². The largest absolute Gasteiger partial charge is 0.462 e. The minimum Gasteiger partial charge on any atom is -0.462 e. The third-order valence-electron chi connectivity index (χ3n) is 5.47. The molecule has 1 aliphatic carbocycles. The van der Waals surface area contributed by atoms with Gasteiger partial charge in [0.05, 0.1) is 12.1 Å². The summed E-state index contributed by atoms with van der Waals surface area (Å²) in [6.45, 7) is 0.485. The van der Waals surface area contributed by atoms with Crippen LogP contribution in [0.2, 0.25) is 0 Å². The number of aliphatic hydroxyl groups excluding tert-OH is 1. The molecule has 2 heterocycles. The van der Waals surface area contributed by atoms with Crippen molar-refractivity contribution < 1.29 is 9.90 Å². The lowest BCUT2D eigenvalue weighted by Gasteiger charge is -2.26. The Morgan fingerprint density at radius 2 is 2.16 bits per heavy atom. The van der Waals surface area contributed by atoms with Crippen LogP contribution in [0.3, 0.4) is 0 Å². The van der Waals surface area contributed by atoms with Gasteiger partial charge in [-0.1, -0.05) is 24.1 Å². The molecule has 7 nitrogen and oxygen atoms in total. The van der Waals surface area contributed by atoms with Crippen molar-refractivity contribution in [2.45, 2.75) is 38.1 Å². The molecular formula is C24H25N5O2S. The van der Waals surface area contributed by atoms with Crippen molar-refractivity contribution in [3.63, 3.8) is 0 Å². The Kier molecular flexibility index (Phi) is 6.97. The number of amides is 1. The lowest BCUT2D eigenvalue weighted by atomic mass is 9.93. The second kappa shape index (κ2) is 10.2. The Bertz CT molecular complexity index is 1150. The first-order valence-corrected chi connectivity index (χ1v) is 11.5. The van der Waals surface area contributed by atoms with Crippen molar-refractivity contribution in [1.29, 1.82) is 0 Å². The highest BCUT2D eigenvalue weighted by Gasteiger charge is 2.18. The fraction of sp³-hybridized carbons (Fsp3) is 0.333. The Morgan fingerprint density at radius 3 is 2.94 bits per heavy atom. The number of aliphatic hydroxyl groups is 1. The van der Waals surface area contributed by atoms with E-state index < -0.39 is 0 Å². The maximum absolute atomic E-state index is 12.5. The van der Waals surface area contributed by atoms with Gasteiger partial charge in [-0.25, -0.2) is 15.0 Å². The molecule has 3 aromatic rings. The van der Waals surface area contributed by atoms with Gasteiger partial charge in [-0.05, 0) is 37.0 Å². The molecule has 1 amide bonds. The summed E-state index contributed by atoms with van der Waals surface area (Å²) in [7, 11) is 1.74. The van der Waals surface area contributed by atoms with Gasteiger partial charge < -0.3 is 15.3 Å². The zero-order valence-corrected chi connectivity index (χ0v) is 18.7. The Hall–Kier alpha value is -3.44. The first kappa shape index (κ1) is 21.8. The van der Waals surface area contributed by atoms with Gasteiger partial charge in [0.1, 0.15) is 16.8 Å². The number of hydrogen-bond donors (Lipinski definition) is 2. The third-order valence-corrected chi connectivity index (χ3v) is 6.36. The van der Waals surface area contributed by atoms with E-state index in [2.05, 4.69) is 21.2 Å². The minimum atomic E-state index is 0.00851. The maximum Gasteiger partial charge on any atom is 0.226 e. The average molecular weight is 448 g/mol. The monoisotopic (exact) mass is 447 g/mol. The summed E-state index contributed by atoms with van der Waals surface area (Å²) in [5.41, 5.74) is 3.51. The number of rotatable bonds is 8. The van der Waals surface area contributed by atoms with Crippen molar-refractivity contribution in [2.75, 3.05) is 18.9 Å². The first-order chi connectivity index (χ1) is 15.6. The smallest absolute Gasteiger partial charge is 0.226 e. The van der Waals surface area contributed by atoms with E-state index in [9.17, 15) is 4.79 Å². The number of likely N-dealkylation sites (N-methyl/N-ethyl adjacent to an activating group) is 1. The van der Waals surface area contributed by atoms with Crippen LogP contribution in [0.15, 0.2) is 41.9 Å². The maximum atomic E-state index is 12.5. The van der Waals surface area contributed by atoms with E-state index >= 15 is 0 Å². The fourth-order valence-corrected chi connectivity index (χ4v) is 4.17. The molecule has 164 valence electrons. The summed E-state index contributed by atoms with van der Waals surface area (Å²) in [6, 6.07) is 10.2. The van der Waals surface area contributed by atoms with Crippen LogP contribution in [0.5, 0.6) is 0 Å². The number of carbonyl (C=O) groups excluding carboxylic acids is 1. The molecule has 0 spiro atoms. The summed E-state index contributed by atoms with van der Waals surface area (Å²) >= 11 is 1.55. The topological polar surface area (TPSA) is 91.2 Å². The van der Waals surface area contributed by atoms with Crippen molar-refractivity contribution >= 4 is 23.2 Å². The highest BCUT2D eigenvalue weighted by Crippen LogP contribution is 2.29. The van der Waals surface area contributed by atoms with Crippen LogP contribution in [0.1, 0.15) is 31.2 Å². The Balaban J connectivity index is 1.44. The van der Waals surface area contributed by atoms with Crippen molar-refractivity contribution in [2.24, 2.45) is 0 Å². The molecule has 1 fully saturated rings. The zero-order valence-electron chi connectivity index (χ0n) is 17.9. The molecule has 1 aromatic carbocycles. The molecule has 0 atom stereocenters. The van der Waals surface area contributed by atoms with Gasteiger partial charge in [0.15, 0.2) is 0 Å². The summed E-state index contributed by atoms with van der Waals surface area (Å²) < 4.78 is 0. The fourth-order valence-electron chi connectivity index (χ4n) is 3.36. The lowest BCUT2D eigenvalue weighted by Crippen LogP contribution is -2.29. The number of nitrogens with zero attached hydrogens (tertiary/aromatic N) is 4. The standard InChI is InChI=1S/C24H25N5O2S/c1-29(12-2-3-13-30)22(31)15-17-6-4-7-18(14-17)23-27-21(16-32-23)20-10-11-25-24(28-20)26-19-8-5-9-19/h4,6-7,10-11,14,16,19,30H,2,5,8-9,12,15H2,1H3,(H,25,26,28). The van der Waals surface area contributed by atoms with E-state index in [1.54, 1.807) is 29.5 Å². The van der Waals surface area contributed by atoms with Crippen LogP contribution in [-0.4, -0.2) is 50.5 Å². The second-order valence-electron chi connectivity index (χ2n) is 7.81. The average Bonchev–Trinajstić information content (AvgIpc) is 3.27. The van der Waals surface area contributed by atoms with Crippen LogP contribution < -0.4 is 5.32 Å². The molecule has 1 aliphatic rings. The van der Waals surface area contributed by atoms with E-state index in [4.69, 9.17) is 10.1 Å². The third kappa shape index (κ3) is 5.42. The number of aromatic nitrogens is 3. The highest BCUT2D eigenvalue weighted by molar-refractivity contribution is 7.13. The summed E-state index contributed by atoms with van der Waals surface area (Å²) in [5, 5.41) is 14.8. The van der Waals surface area contributed by atoms with E-state index in [-0.39, 0.29) is 5.91 Å². The number of thiazole rings is 1. The van der Waals surface area contributed by atoms with E-state index in [0.29, 0.717) is 31.4 Å². The minimum absolute atomic E-state index is 0.00851. The van der Waals surface area contributed by atoms with Crippen LogP contribution in [0.4, 0.5) is 5.95 Å². The molecule has 32 heavy (non-hydrogen) atoms. The van der Waals surface area contributed by atoms with Crippen molar-refractivity contribution in [3.05, 3.63) is 47.5 Å². The number of carbonyl (C=O) groups is 1. The quantitative estimate of drug-likeness (QED) is 0.508. The van der Waals surface area contributed by atoms with Gasteiger partial charge >= 0.3 is 0 Å². The molecular weight excluding hydrogens is 422 g/mol.